The quantitative estimate of drug-likeness (QED) is 0.552. The number of Topliss-reactive ketones (excluding diaryl/α,β-unsaturated/α-hetero) is 2. The second kappa shape index (κ2) is 2.95. The zero-order valence-electron chi connectivity index (χ0n) is 6.22. The molecule has 1 aliphatic rings. The smallest absolute Gasteiger partial charge is 0.201 e. The van der Waals surface area contributed by atoms with Gasteiger partial charge in [-0.1, -0.05) is 6.92 Å². The summed E-state index contributed by atoms with van der Waals surface area (Å²) in [5.41, 5.74) is 0. The molecule has 0 aromatic rings. The van der Waals surface area contributed by atoms with Gasteiger partial charge < -0.3 is 0 Å². The van der Waals surface area contributed by atoms with Gasteiger partial charge in [0.2, 0.25) is 5.78 Å². The van der Waals surface area contributed by atoms with E-state index in [9.17, 15) is 9.59 Å². The fourth-order valence-electron chi connectivity index (χ4n) is 0.923. The Balaban J connectivity index is 2.32. The Kier molecular flexibility index (Phi) is 2.20. The largest absolute Gasteiger partial charge is 0.291 e. The summed E-state index contributed by atoms with van der Waals surface area (Å²) in [5, 5.41) is 0. The van der Waals surface area contributed by atoms with Crippen LogP contribution in [0.3, 0.4) is 0 Å². The first-order chi connectivity index (χ1) is 4.75. The molecule has 0 amide bonds. The van der Waals surface area contributed by atoms with Gasteiger partial charge in [0.05, 0.1) is 0 Å². The van der Waals surface area contributed by atoms with E-state index in [1.54, 1.807) is 0 Å². The third-order valence-corrected chi connectivity index (χ3v) is 1.70. The van der Waals surface area contributed by atoms with Crippen LogP contribution in [0.5, 0.6) is 0 Å². The highest BCUT2D eigenvalue weighted by atomic mass is 16.2. The molecule has 2 nitrogen and oxygen atoms in total. The molecule has 0 saturated heterocycles. The molecule has 0 bridgehead atoms. The molecule has 1 fully saturated rings. The van der Waals surface area contributed by atoms with Gasteiger partial charge in [-0.15, -0.1) is 0 Å². The summed E-state index contributed by atoms with van der Waals surface area (Å²) < 4.78 is 0. The van der Waals surface area contributed by atoms with E-state index in [0.717, 1.165) is 19.3 Å². The normalized spacial score (nSPS) is 16.9. The predicted molar refractivity (Wildman–Crippen MR) is 37.6 cm³/mol. The van der Waals surface area contributed by atoms with Crippen LogP contribution < -0.4 is 0 Å². The van der Waals surface area contributed by atoms with Crippen LogP contribution in [0.15, 0.2) is 0 Å². The van der Waals surface area contributed by atoms with Crippen molar-refractivity contribution in [3.05, 3.63) is 0 Å². The molecule has 0 N–H and O–H groups in total. The molecule has 56 valence electrons. The molecular formula is C8H12O2. The highest BCUT2D eigenvalue weighted by Crippen LogP contribution is 2.30. The molecule has 2 heteroatoms. The minimum absolute atomic E-state index is 0.110. The van der Waals surface area contributed by atoms with E-state index in [2.05, 4.69) is 0 Å². The molecule has 1 saturated carbocycles. The second-order valence-corrected chi connectivity index (χ2v) is 2.81. The average molecular weight is 140 g/mol. The SMILES string of the molecule is CCCC(=O)C(=O)C1CC1. The third-order valence-electron chi connectivity index (χ3n) is 1.70. The van der Waals surface area contributed by atoms with Gasteiger partial charge in [-0.25, -0.2) is 0 Å². The lowest BCUT2D eigenvalue weighted by Gasteiger charge is -1.92. The Bertz CT molecular complexity index is 157. The van der Waals surface area contributed by atoms with Gasteiger partial charge in [0.25, 0.3) is 0 Å². The van der Waals surface area contributed by atoms with Gasteiger partial charge in [-0.05, 0) is 19.3 Å². The second-order valence-electron chi connectivity index (χ2n) is 2.81. The van der Waals surface area contributed by atoms with E-state index in [1.165, 1.54) is 0 Å². The van der Waals surface area contributed by atoms with Crippen molar-refractivity contribution in [2.24, 2.45) is 5.92 Å². The van der Waals surface area contributed by atoms with Crippen molar-refractivity contribution in [2.45, 2.75) is 32.6 Å². The van der Waals surface area contributed by atoms with Gasteiger partial charge in [-0.3, -0.25) is 9.59 Å². The molecule has 0 aromatic heterocycles. The number of hydrogen-bond donors (Lipinski definition) is 0. The Labute approximate surface area is 60.6 Å². The van der Waals surface area contributed by atoms with Crippen LogP contribution in [0.25, 0.3) is 0 Å². The average Bonchev–Trinajstić information content (AvgIpc) is 2.68. The molecule has 0 heterocycles. The Morgan fingerprint density at radius 1 is 1.40 bits per heavy atom. The molecule has 0 radical (unpaired) electrons. The van der Waals surface area contributed by atoms with Gasteiger partial charge in [0, 0.05) is 12.3 Å². The van der Waals surface area contributed by atoms with Crippen molar-refractivity contribution in [2.75, 3.05) is 0 Å². The molecule has 0 aliphatic heterocycles. The van der Waals surface area contributed by atoms with Gasteiger partial charge >= 0.3 is 0 Å². The van der Waals surface area contributed by atoms with E-state index in [0.29, 0.717) is 6.42 Å². The highest BCUT2D eigenvalue weighted by molar-refractivity contribution is 6.38. The number of carbonyl (C=O) groups is 2. The maximum Gasteiger partial charge on any atom is 0.201 e. The fourth-order valence-corrected chi connectivity index (χ4v) is 0.923. The van der Waals surface area contributed by atoms with E-state index >= 15 is 0 Å². The molecule has 1 aliphatic carbocycles. The third kappa shape index (κ3) is 1.66. The van der Waals surface area contributed by atoms with Crippen LogP contribution in [0.1, 0.15) is 32.6 Å². The van der Waals surface area contributed by atoms with Crippen LogP contribution >= 0.6 is 0 Å². The first-order valence-electron chi connectivity index (χ1n) is 3.82. The monoisotopic (exact) mass is 140 g/mol. The zero-order chi connectivity index (χ0) is 7.56. The van der Waals surface area contributed by atoms with Crippen LogP contribution in [0.2, 0.25) is 0 Å². The first kappa shape index (κ1) is 7.45. The molecule has 1 rings (SSSR count). The van der Waals surface area contributed by atoms with Crippen molar-refractivity contribution in [3.8, 4) is 0 Å². The summed E-state index contributed by atoms with van der Waals surface area (Å²) in [5.74, 6) is -0.175. The maximum atomic E-state index is 10.9. The molecule has 0 unspecified atom stereocenters. The Morgan fingerprint density at radius 2 is 2.00 bits per heavy atom. The predicted octanol–water partition coefficient (Wildman–Crippen LogP) is 1.33. The summed E-state index contributed by atoms with van der Waals surface area (Å²) in [6.45, 7) is 1.91. The Morgan fingerprint density at radius 3 is 2.40 bits per heavy atom. The number of carbonyl (C=O) groups excluding carboxylic acids is 2. The lowest BCUT2D eigenvalue weighted by molar-refractivity contribution is -0.137. The summed E-state index contributed by atoms with van der Waals surface area (Å²) in [6, 6.07) is 0. The molecule has 0 aromatic carbocycles. The summed E-state index contributed by atoms with van der Waals surface area (Å²) in [6.07, 6.45) is 3.11. The van der Waals surface area contributed by atoms with Gasteiger partial charge in [0.1, 0.15) is 0 Å². The minimum atomic E-state index is -0.162. The zero-order valence-corrected chi connectivity index (χ0v) is 6.22. The number of rotatable bonds is 4. The van der Waals surface area contributed by atoms with Crippen LogP contribution in [-0.2, 0) is 9.59 Å². The lowest BCUT2D eigenvalue weighted by Crippen LogP contribution is -2.14. The molecule has 10 heavy (non-hydrogen) atoms. The summed E-state index contributed by atoms with van der Waals surface area (Å²) in [4.78, 5) is 21.8. The fraction of sp³-hybridized carbons (Fsp3) is 0.750. The molecule has 0 atom stereocenters. The van der Waals surface area contributed by atoms with Crippen molar-refractivity contribution in [1.29, 1.82) is 0 Å². The minimum Gasteiger partial charge on any atom is -0.291 e. The van der Waals surface area contributed by atoms with Crippen molar-refractivity contribution < 1.29 is 9.59 Å². The van der Waals surface area contributed by atoms with Gasteiger partial charge in [0.15, 0.2) is 5.78 Å². The lowest BCUT2D eigenvalue weighted by atomic mass is 10.1. The Hall–Kier alpha value is -0.660. The highest BCUT2D eigenvalue weighted by Gasteiger charge is 2.33. The topological polar surface area (TPSA) is 34.1 Å². The van der Waals surface area contributed by atoms with E-state index in [1.807, 2.05) is 6.92 Å². The summed E-state index contributed by atoms with van der Waals surface area (Å²) >= 11 is 0. The van der Waals surface area contributed by atoms with E-state index in [-0.39, 0.29) is 17.5 Å². The van der Waals surface area contributed by atoms with E-state index in [4.69, 9.17) is 0 Å². The first-order valence-corrected chi connectivity index (χ1v) is 3.82. The number of hydrogen-bond acceptors (Lipinski definition) is 2. The van der Waals surface area contributed by atoms with Crippen LogP contribution in [0.4, 0.5) is 0 Å². The molecular weight excluding hydrogens is 128 g/mol. The van der Waals surface area contributed by atoms with Gasteiger partial charge in [-0.2, -0.15) is 0 Å². The van der Waals surface area contributed by atoms with E-state index < -0.39 is 0 Å². The number of ketones is 2. The van der Waals surface area contributed by atoms with Crippen LogP contribution in [-0.4, -0.2) is 11.6 Å². The van der Waals surface area contributed by atoms with Crippen molar-refractivity contribution >= 4 is 11.6 Å². The van der Waals surface area contributed by atoms with Crippen LogP contribution in [0, 0.1) is 5.92 Å². The summed E-state index contributed by atoms with van der Waals surface area (Å²) in [7, 11) is 0. The van der Waals surface area contributed by atoms with Crippen molar-refractivity contribution in [3.63, 3.8) is 0 Å². The van der Waals surface area contributed by atoms with Crippen molar-refractivity contribution in [1.82, 2.24) is 0 Å². The standard InChI is InChI=1S/C8H12O2/c1-2-3-7(9)8(10)6-4-5-6/h6H,2-5H2,1H3. The molecule has 0 spiro atoms. The maximum absolute atomic E-state index is 10.9.